The van der Waals surface area contributed by atoms with E-state index in [1.165, 1.54) is 32.1 Å². The fourth-order valence-electron chi connectivity index (χ4n) is 2.05. The lowest BCUT2D eigenvalue weighted by Crippen LogP contribution is -1.99. The fourth-order valence-corrected chi connectivity index (χ4v) is 2.26. The van der Waals surface area contributed by atoms with Crippen LogP contribution in [0.15, 0.2) is 10.8 Å². The maximum Gasteiger partial charge on any atom is 0.181 e. The molecule has 1 aliphatic rings. The number of aromatic nitrogens is 1. The Labute approximate surface area is 83.3 Å². The lowest BCUT2D eigenvalue weighted by molar-refractivity contribution is 0.440. The molecule has 13 heavy (non-hydrogen) atoms. The highest BCUT2D eigenvalue weighted by molar-refractivity contribution is 6.16. The minimum Gasteiger partial charge on any atom is -0.448 e. The third kappa shape index (κ3) is 2.05. The molecule has 0 saturated heterocycles. The molecule has 0 aromatic carbocycles. The molecule has 2 rings (SSSR count). The first-order valence-corrected chi connectivity index (χ1v) is 5.41. The average molecular weight is 200 g/mol. The molecule has 2 nitrogen and oxygen atoms in total. The predicted molar refractivity (Wildman–Crippen MR) is 51.7 cm³/mol. The molecular formula is C10H14ClNO. The van der Waals surface area contributed by atoms with Crippen LogP contribution in [0.1, 0.15) is 37.1 Å². The summed E-state index contributed by atoms with van der Waals surface area (Å²) in [6, 6.07) is 0. The van der Waals surface area contributed by atoms with E-state index in [1.807, 2.05) is 0 Å². The number of halogens is 1. The summed E-state index contributed by atoms with van der Waals surface area (Å²) in [5.74, 6) is 2.27. The molecule has 0 amide bonds. The van der Waals surface area contributed by atoms with E-state index in [0.717, 1.165) is 23.8 Å². The summed E-state index contributed by atoms with van der Waals surface area (Å²) in [6.07, 6.45) is 7.94. The Hall–Kier alpha value is -0.500. The quantitative estimate of drug-likeness (QED) is 0.699. The van der Waals surface area contributed by atoms with Crippen LogP contribution in [0.4, 0.5) is 0 Å². The summed E-state index contributed by atoms with van der Waals surface area (Å²) >= 11 is 5.74. The van der Waals surface area contributed by atoms with E-state index in [1.54, 1.807) is 0 Å². The maximum atomic E-state index is 5.74. The Morgan fingerprint density at radius 2 is 2.23 bits per heavy atom. The topological polar surface area (TPSA) is 26.0 Å². The van der Waals surface area contributed by atoms with Gasteiger partial charge in [0.05, 0.1) is 11.6 Å². The number of rotatable bonds is 3. The van der Waals surface area contributed by atoms with E-state index in [2.05, 4.69) is 4.98 Å². The van der Waals surface area contributed by atoms with Crippen LogP contribution in [0, 0.1) is 5.92 Å². The van der Waals surface area contributed by atoms with Crippen molar-refractivity contribution in [3.8, 4) is 0 Å². The molecule has 0 atom stereocenters. The van der Waals surface area contributed by atoms with Gasteiger partial charge in [0.25, 0.3) is 0 Å². The van der Waals surface area contributed by atoms with Crippen LogP contribution in [0.2, 0.25) is 0 Å². The number of nitrogens with zero attached hydrogens (tertiary/aromatic N) is 1. The van der Waals surface area contributed by atoms with Crippen molar-refractivity contribution in [2.24, 2.45) is 5.92 Å². The second-order valence-corrected chi connectivity index (χ2v) is 3.98. The van der Waals surface area contributed by atoms with E-state index in [9.17, 15) is 0 Å². The lowest BCUT2D eigenvalue weighted by Gasteiger charge is -2.05. The van der Waals surface area contributed by atoms with Gasteiger partial charge < -0.3 is 4.42 Å². The van der Waals surface area contributed by atoms with Gasteiger partial charge in [0, 0.05) is 6.42 Å². The SMILES string of the molecule is ClCc1ncoc1CC1CCCC1. The molecule has 1 fully saturated rings. The zero-order chi connectivity index (χ0) is 9.10. The number of hydrogen-bond donors (Lipinski definition) is 0. The van der Waals surface area contributed by atoms with Crippen molar-refractivity contribution in [1.29, 1.82) is 0 Å². The number of alkyl halides is 1. The van der Waals surface area contributed by atoms with E-state index in [0.29, 0.717) is 5.88 Å². The smallest absolute Gasteiger partial charge is 0.181 e. The Balaban J connectivity index is 1.99. The Morgan fingerprint density at radius 1 is 1.46 bits per heavy atom. The van der Waals surface area contributed by atoms with Crippen molar-refractivity contribution in [3.05, 3.63) is 17.8 Å². The third-order valence-corrected chi connectivity index (χ3v) is 3.05. The number of oxazole rings is 1. The zero-order valence-electron chi connectivity index (χ0n) is 7.63. The lowest BCUT2D eigenvalue weighted by atomic mass is 10.0. The van der Waals surface area contributed by atoms with E-state index >= 15 is 0 Å². The van der Waals surface area contributed by atoms with E-state index < -0.39 is 0 Å². The monoisotopic (exact) mass is 199 g/mol. The van der Waals surface area contributed by atoms with Gasteiger partial charge >= 0.3 is 0 Å². The van der Waals surface area contributed by atoms with Crippen molar-refractivity contribution in [1.82, 2.24) is 4.98 Å². The zero-order valence-corrected chi connectivity index (χ0v) is 8.39. The molecule has 1 heterocycles. The van der Waals surface area contributed by atoms with Gasteiger partial charge in [-0.05, 0) is 5.92 Å². The highest BCUT2D eigenvalue weighted by Gasteiger charge is 2.18. The molecule has 0 N–H and O–H groups in total. The summed E-state index contributed by atoms with van der Waals surface area (Å²) in [5, 5.41) is 0. The summed E-state index contributed by atoms with van der Waals surface area (Å²) in [6.45, 7) is 0. The van der Waals surface area contributed by atoms with Gasteiger partial charge in [0.1, 0.15) is 5.76 Å². The minimum atomic E-state index is 0.471. The minimum absolute atomic E-state index is 0.471. The van der Waals surface area contributed by atoms with Crippen LogP contribution < -0.4 is 0 Å². The van der Waals surface area contributed by atoms with Gasteiger partial charge in [0.15, 0.2) is 6.39 Å². The third-order valence-electron chi connectivity index (χ3n) is 2.80. The van der Waals surface area contributed by atoms with Crippen LogP contribution >= 0.6 is 11.6 Å². The molecule has 1 aromatic rings. The normalized spacial score (nSPS) is 18.2. The van der Waals surface area contributed by atoms with Gasteiger partial charge in [-0.15, -0.1) is 11.6 Å². The molecule has 0 spiro atoms. The molecule has 1 saturated carbocycles. The fraction of sp³-hybridized carbons (Fsp3) is 0.700. The van der Waals surface area contributed by atoms with Crippen molar-refractivity contribution in [3.63, 3.8) is 0 Å². The van der Waals surface area contributed by atoms with Crippen LogP contribution in [0.5, 0.6) is 0 Å². The molecule has 0 bridgehead atoms. The Morgan fingerprint density at radius 3 is 2.92 bits per heavy atom. The highest BCUT2D eigenvalue weighted by Crippen LogP contribution is 2.28. The van der Waals surface area contributed by atoms with Crippen molar-refractivity contribution < 1.29 is 4.42 Å². The molecule has 72 valence electrons. The average Bonchev–Trinajstić information content (AvgIpc) is 2.76. The second kappa shape index (κ2) is 4.14. The van der Waals surface area contributed by atoms with E-state index in [-0.39, 0.29) is 0 Å². The summed E-state index contributed by atoms with van der Waals surface area (Å²) < 4.78 is 5.32. The predicted octanol–water partition coefficient (Wildman–Crippen LogP) is 3.15. The van der Waals surface area contributed by atoms with E-state index in [4.69, 9.17) is 16.0 Å². The largest absolute Gasteiger partial charge is 0.448 e. The van der Waals surface area contributed by atoms with Gasteiger partial charge in [-0.25, -0.2) is 4.98 Å². The van der Waals surface area contributed by atoms with Gasteiger partial charge in [-0.2, -0.15) is 0 Å². The second-order valence-electron chi connectivity index (χ2n) is 3.71. The first kappa shape index (κ1) is 9.07. The molecular weight excluding hydrogens is 186 g/mol. The van der Waals surface area contributed by atoms with Gasteiger partial charge in [0.2, 0.25) is 0 Å². The highest BCUT2D eigenvalue weighted by atomic mass is 35.5. The molecule has 0 radical (unpaired) electrons. The van der Waals surface area contributed by atoms with Gasteiger partial charge in [-0.1, -0.05) is 25.7 Å². The van der Waals surface area contributed by atoms with Crippen molar-refractivity contribution in [2.45, 2.75) is 38.0 Å². The molecule has 0 aliphatic heterocycles. The first-order valence-electron chi connectivity index (χ1n) is 4.87. The summed E-state index contributed by atoms with van der Waals surface area (Å²) in [4.78, 5) is 4.08. The standard InChI is InChI=1S/C10H14ClNO/c11-6-9-10(13-7-12-9)5-8-3-1-2-4-8/h7-8H,1-6H2. The summed E-state index contributed by atoms with van der Waals surface area (Å²) in [5.41, 5.74) is 0.925. The van der Waals surface area contributed by atoms with Gasteiger partial charge in [-0.3, -0.25) is 0 Å². The van der Waals surface area contributed by atoms with Crippen LogP contribution in [-0.2, 0) is 12.3 Å². The molecule has 1 aromatic heterocycles. The van der Waals surface area contributed by atoms with Crippen molar-refractivity contribution >= 4 is 11.6 Å². The van der Waals surface area contributed by atoms with Crippen LogP contribution in [0.25, 0.3) is 0 Å². The Bertz CT molecular complexity index is 266. The summed E-state index contributed by atoms with van der Waals surface area (Å²) in [7, 11) is 0. The Kier molecular flexibility index (Phi) is 2.89. The molecule has 3 heteroatoms. The van der Waals surface area contributed by atoms with Crippen LogP contribution in [-0.4, -0.2) is 4.98 Å². The first-order chi connectivity index (χ1) is 6.40. The molecule has 1 aliphatic carbocycles. The van der Waals surface area contributed by atoms with Crippen LogP contribution in [0.3, 0.4) is 0 Å². The van der Waals surface area contributed by atoms with Crippen molar-refractivity contribution in [2.75, 3.05) is 0 Å². The molecule has 0 unspecified atom stereocenters. The maximum absolute atomic E-state index is 5.74. The number of hydrogen-bond acceptors (Lipinski definition) is 2.